The maximum absolute atomic E-state index is 13.2. The Kier molecular flexibility index (Phi) is 3.61. The number of hydrogen-bond donors (Lipinski definition) is 1. The summed E-state index contributed by atoms with van der Waals surface area (Å²) in [6, 6.07) is 15.0. The Bertz CT molecular complexity index is 813. The highest BCUT2D eigenvalue weighted by atomic mass is 79.9. The van der Waals surface area contributed by atoms with Gasteiger partial charge in [0.1, 0.15) is 12.1 Å². The van der Waals surface area contributed by atoms with Crippen molar-refractivity contribution in [2.75, 3.05) is 5.32 Å². The van der Waals surface area contributed by atoms with E-state index in [0.29, 0.717) is 0 Å². The maximum atomic E-state index is 13.2. The second kappa shape index (κ2) is 5.77. The van der Waals surface area contributed by atoms with Crippen LogP contribution in [0.4, 0.5) is 10.3 Å². The van der Waals surface area contributed by atoms with Crippen LogP contribution in [0, 0.1) is 5.82 Å². The zero-order valence-corrected chi connectivity index (χ0v) is 13.7. The van der Waals surface area contributed by atoms with Gasteiger partial charge in [-0.2, -0.15) is 10.1 Å². The smallest absolute Gasteiger partial charge is 0.222 e. The van der Waals surface area contributed by atoms with E-state index in [0.717, 1.165) is 22.4 Å². The van der Waals surface area contributed by atoms with Gasteiger partial charge in [-0.15, -0.1) is 0 Å². The standard InChI is InChI=1S/C17H14BrFN4/c18-13-5-1-11(2-6-13)15-9-16(12-3-7-14(19)8-4-12)23-17(22-15)20-10-21-23/h1-8,10,15-16H,9H2,(H,20,21,22)/t15-,16-/m0/s1. The molecule has 0 spiro atoms. The van der Waals surface area contributed by atoms with E-state index in [4.69, 9.17) is 0 Å². The molecule has 1 aromatic heterocycles. The molecule has 0 saturated heterocycles. The molecule has 0 aliphatic carbocycles. The number of nitrogens with zero attached hydrogens (tertiary/aromatic N) is 3. The van der Waals surface area contributed by atoms with Crippen molar-refractivity contribution >= 4 is 21.9 Å². The molecular weight excluding hydrogens is 359 g/mol. The van der Waals surface area contributed by atoms with Crippen molar-refractivity contribution in [2.45, 2.75) is 18.5 Å². The molecule has 23 heavy (non-hydrogen) atoms. The van der Waals surface area contributed by atoms with Gasteiger partial charge in [0, 0.05) is 4.47 Å². The minimum absolute atomic E-state index is 0.0306. The van der Waals surface area contributed by atoms with Crippen molar-refractivity contribution in [3.63, 3.8) is 0 Å². The molecule has 0 fully saturated rings. The van der Waals surface area contributed by atoms with Crippen LogP contribution in [-0.4, -0.2) is 14.8 Å². The van der Waals surface area contributed by atoms with Crippen molar-refractivity contribution in [1.82, 2.24) is 14.8 Å². The third kappa shape index (κ3) is 2.74. The van der Waals surface area contributed by atoms with E-state index in [2.05, 4.69) is 43.5 Å². The quantitative estimate of drug-likeness (QED) is 0.727. The molecule has 4 rings (SSSR count). The summed E-state index contributed by atoms with van der Waals surface area (Å²) in [4.78, 5) is 4.30. The van der Waals surface area contributed by atoms with Crippen molar-refractivity contribution in [3.05, 3.63) is 76.3 Å². The zero-order chi connectivity index (χ0) is 15.8. The number of hydrogen-bond acceptors (Lipinski definition) is 3. The lowest BCUT2D eigenvalue weighted by atomic mass is 9.93. The lowest BCUT2D eigenvalue weighted by Gasteiger charge is -2.31. The number of anilines is 1. The van der Waals surface area contributed by atoms with Crippen LogP contribution in [0.25, 0.3) is 0 Å². The molecular formula is C17H14BrFN4. The van der Waals surface area contributed by atoms with Crippen LogP contribution >= 0.6 is 15.9 Å². The van der Waals surface area contributed by atoms with Gasteiger partial charge in [-0.3, -0.25) is 0 Å². The molecule has 2 atom stereocenters. The number of benzene rings is 2. The number of nitrogens with one attached hydrogen (secondary N) is 1. The first-order valence-electron chi connectivity index (χ1n) is 7.38. The average molecular weight is 373 g/mol. The van der Waals surface area contributed by atoms with Crippen LogP contribution in [0.15, 0.2) is 59.3 Å². The van der Waals surface area contributed by atoms with E-state index in [1.54, 1.807) is 6.33 Å². The molecule has 1 aliphatic rings. The molecule has 4 nitrogen and oxygen atoms in total. The number of halogens is 2. The molecule has 1 aliphatic heterocycles. The summed E-state index contributed by atoms with van der Waals surface area (Å²) in [6.07, 6.45) is 2.37. The summed E-state index contributed by atoms with van der Waals surface area (Å²) < 4.78 is 16.1. The van der Waals surface area contributed by atoms with Crippen LogP contribution < -0.4 is 5.32 Å². The van der Waals surface area contributed by atoms with Crippen LogP contribution in [0.1, 0.15) is 29.6 Å². The molecule has 0 amide bonds. The van der Waals surface area contributed by atoms with Crippen LogP contribution in [0.3, 0.4) is 0 Å². The van der Waals surface area contributed by atoms with E-state index >= 15 is 0 Å². The van der Waals surface area contributed by atoms with Gasteiger partial charge in [-0.05, 0) is 41.8 Å². The minimum Gasteiger partial charge on any atom is -0.348 e. The van der Waals surface area contributed by atoms with Crippen LogP contribution in [0.2, 0.25) is 0 Å². The van der Waals surface area contributed by atoms with Gasteiger partial charge in [-0.1, -0.05) is 40.2 Å². The summed E-state index contributed by atoms with van der Waals surface area (Å²) in [7, 11) is 0. The Morgan fingerprint density at radius 2 is 1.74 bits per heavy atom. The highest BCUT2D eigenvalue weighted by molar-refractivity contribution is 9.10. The zero-order valence-electron chi connectivity index (χ0n) is 12.2. The molecule has 0 bridgehead atoms. The first-order valence-corrected chi connectivity index (χ1v) is 8.17. The normalized spacial score (nSPS) is 19.9. The van der Waals surface area contributed by atoms with Crippen LogP contribution in [-0.2, 0) is 0 Å². The summed E-state index contributed by atoms with van der Waals surface area (Å²) in [5, 5.41) is 7.74. The highest BCUT2D eigenvalue weighted by Crippen LogP contribution is 2.37. The molecule has 6 heteroatoms. The Labute approximate surface area is 141 Å². The average Bonchev–Trinajstić information content (AvgIpc) is 3.04. The largest absolute Gasteiger partial charge is 0.348 e. The maximum Gasteiger partial charge on any atom is 0.222 e. The molecule has 0 radical (unpaired) electrons. The second-order valence-electron chi connectivity index (χ2n) is 5.58. The van der Waals surface area contributed by atoms with Gasteiger partial charge in [0.2, 0.25) is 5.95 Å². The van der Waals surface area contributed by atoms with Gasteiger partial charge in [-0.25, -0.2) is 9.07 Å². The van der Waals surface area contributed by atoms with Gasteiger partial charge in [0.15, 0.2) is 0 Å². The fourth-order valence-corrected chi connectivity index (χ4v) is 3.26. The molecule has 0 saturated carbocycles. The van der Waals surface area contributed by atoms with Crippen molar-refractivity contribution in [1.29, 1.82) is 0 Å². The topological polar surface area (TPSA) is 42.7 Å². The first-order chi connectivity index (χ1) is 11.2. The molecule has 116 valence electrons. The van der Waals surface area contributed by atoms with Gasteiger partial charge in [0.05, 0.1) is 12.1 Å². The van der Waals surface area contributed by atoms with Gasteiger partial charge >= 0.3 is 0 Å². The first kappa shape index (κ1) is 14.4. The lowest BCUT2D eigenvalue weighted by molar-refractivity contribution is 0.430. The fourth-order valence-electron chi connectivity index (χ4n) is 3.00. The third-order valence-corrected chi connectivity index (χ3v) is 4.69. The summed E-state index contributed by atoms with van der Waals surface area (Å²) in [6.45, 7) is 0. The van der Waals surface area contributed by atoms with E-state index < -0.39 is 0 Å². The third-order valence-electron chi connectivity index (χ3n) is 4.16. The fraction of sp³-hybridized carbons (Fsp3) is 0.176. The monoisotopic (exact) mass is 372 g/mol. The number of aromatic nitrogens is 3. The highest BCUT2D eigenvalue weighted by Gasteiger charge is 2.29. The number of rotatable bonds is 2. The molecule has 1 N–H and O–H groups in total. The van der Waals surface area contributed by atoms with Gasteiger partial charge in [0.25, 0.3) is 0 Å². The van der Waals surface area contributed by atoms with Gasteiger partial charge < -0.3 is 5.32 Å². The predicted octanol–water partition coefficient (Wildman–Crippen LogP) is 4.33. The van der Waals surface area contributed by atoms with E-state index in [9.17, 15) is 4.39 Å². The van der Waals surface area contributed by atoms with Crippen molar-refractivity contribution in [3.8, 4) is 0 Å². The summed E-state index contributed by atoms with van der Waals surface area (Å²) >= 11 is 3.46. The SMILES string of the molecule is Fc1ccc([C@@H]2C[C@@H](c3ccc(Br)cc3)Nc3ncnn32)cc1. The number of fused-ring (bicyclic) bond motifs is 1. The van der Waals surface area contributed by atoms with Crippen LogP contribution in [0.5, 0.6) is 0 Å². The van der Waals surface area contributed by atoms with E-state index in [-0.39, 0.29) is 17.9 Å². The minimum atomic E-state index is -0.231. The Morgan fingerprint density at radius 3 is 2.48 bits per heavy atom. The molecule has 3 aromatic rings. The summed E-state index contributed by atoms with van der Waals surface area (Å²) in [5.41, 5.74) is 2.22. The summed E-state index contributed by atoms with van der Waals surface area (Å²) in [5.74, 6) is 0.504. The Hall–Kier alpha value is -2.21. The molecule has 0 unspecified atom stereocenters. The van der Waals surface area contributed by atoms with Crippen molar-refractivity contribution < 1.29 is 4.39 Å². The molecule has 2 heterocycles. The predicted molar refractivity (Wildman–Crippen MR) is 89.7 cm³/mol. The Balaban J connectivity index is 1.71. The van der Waals surface area contributed by atoms with E-state index in [1.165, 1.54) is 17.7 Å². The van der Waals surface area contributed by atoms with Crippen molar-refractivity contribution in [2.24, 2.45) is 0 Å². The second-order valence-corrected chi connectivity index (χ2v) is 6.50. The van der Waals surface area contributed by atoms with E-state index in [1.807, 2.05) is 28.9 Å². The Morgan fingerprint density at radius 1 is 1.04 bits per heavy atom. The molecule has 2 aromatic carbocycles. The lowest BCUT2D eigenvalue weighted by Crippen LogP contribution is -2.28.